The monoisotopic (exact) mass is 350 g/mol. The summed E-state index contributed by atoms with van der Waals surface area (Å²) < 4.78 is 76.5. The molecule has 0 saturated carbocycles. The summed E-state index contributed by atoms with van der Waals surface area (Å²) in [4.78, 5) is 17.2. The summed E-state index contributed by atoms with van der Waals surface area (Å²) in [5.74, 6) is -2.89. The average Bonchev–Trinajstić information content (AvgIpc) is 2.44. The SMILES string of the molecule is Cc1cc(-c2cc(C(F)(F)F)nc(C(=O)O)n2)ccc1C(F)(F)F. The molecule has 0 unspecified atom stereocenters. The largest absolute Gasteiger partial charge is 0.475 e. The van der Waals surface area contributed by atoms with Gasteiger partial charge in [-0.2, -0.15) is 26.3 Å². The van der Waals surface area contributed by atoms with Crippen LogP contribution < -0.4 is 0 Å². The van der Waals surface area contributed by atoms with Gasteiger partial charge >= 0.3 is 18.3 Å². The Bertz CT molecular complexity index is 799. The fraction of sp³-hybridized carbons (Fsp3) is 0.214. The van der Waals surface area contributed by atoms with E-state index in [0.717, 1.165) is 19.1 Å². The molecule has 1 N–H and O–H groups in total. The quantitative estimate of drug-likeness (QED) is 0.825. The summed E-state index contributed by atoms with van der Waals surface area (Å²) in [7, 11) is 0. The zero-order valence-corrected chi connectivity index (χ0v) is 11.8. The number of hydrogen-bond donors (Lipinski definition) is 1. The van der Waals surface area contributed by atoms with Crippen molar-refractivity contribution in [2.75, 3.05) is 0 Å². The van der Waals surface area contributed by atoms with E-state index in [1.54, 1.807) is 0 Å². The molecular weight excluding hydrogens is 342 g/mol. The first-order valence-corrected chi connectivity index (χ1v) is 6.27. The van der Waals surface area contributed by atoms with E-state index < -0.39 is 41.1 Å². The topological polar surface area (TPSA) is 63.1 Å². The molecule has 0 spiro atoms. The van der Waals surface area contributed by atoms with E-state index in [1.807, 2.05) is 0 Å². The van der Waals surface area contributed by atoms with Crippen LogP contribution in [0.25, 0.3) is 11.3 Å². The molecule has 0 amide bonds. The molecule has 2 rings (SSSR count). The molecule has 2 aromatic rings. The molecule has 0 bridgehead atoms. The number of halogens is 6. The third-order valence-corrected chi connectivity index (χ3v) is 3.04. The smallest absolute Gasteiger partial charge is 0.433 e. The standard InChI is InChI=1S/C14H8F6N2O2/c1-6-4-7(2-3-8(6)13(15,16)17)9-5-10(14(18,19)20)22-11(21-9)12(23)24/h2-5H,1H3,(H,23,24). The van der Waals surface area contributed by atoms with E-state index in [-0.39, 0.29) is 11.1 Å². The van der Waals surface area contributed by atoms with Crippen molar-refractivity contribution in [1.29, 1.82) is 0 Å². The van der Waals surface area contributed by atoms with Crippen LogP contribution >= 0.6 is 0 Å². The fourth-order valence-electron chi connectivity index (χ4n) is 1.98. The molecule has 128 valence electrons. The van der Waals surface area contributed by atoms with Crippen molar-refractivity contribution in [3.63, 3.8) is 0 Å². The second kappa shape index (κ2) is 5.77. The lowest BCUT2D eigenvalue weighted by Gasteiger charge is -2.13. The van der Waals surface area contributed by atoms with Crippen molar-refractivity contribution in [1.82, 2.24) is 9.97 Å². The van der Waals surface area contributed by atoms with Crippen molar-refractivity contribution in [3.8, 4) is 11.3 Å². The lowest BCUT2D eigenvalue weighted by atomic mass is 10.0. The lowest BCUT2D eigenvalue weighted by Crippen LogP contribution is -2.14. The van der Waals surface area contributed by atoms with Crippen molar-refractivity contribution >= 4 is 5.97 Å². The molecule has 24 heavy (non-hydrogen) atoms. The van der Waals surface area contributed by atoms with Gasteiger partial charge in [0.25, 0.3) is 0 Å². The van der Waals surface area contributed by atoms with Gasteiger partial charge < -0.3 is 5.11 Å². The zero-order valence-electron chi connectivity index (χ0n) is 11.8. The normalized spacial score (nSPS) is 12.3. The Hall–Kier alpha value is -2.65. The Labute approximate surface area is 130 Å². The minimum atomic E-state index is -4.93. The average molecular weight is 350 g/mol. The Morgan fingerprint density at radius 2 is 1.62 bits per heavy atom. The molecule has 0 atom stereocenters. The molecule has 4 nitrogen and oxygen atoms in total. The summed E-state index contributed by atoms with van der Waals surface area (Å²) in [5.41, 5.74) is -3.20. The first-order valence-electron chi connectivity index (χ1n) is 6.27. The highest BCUT2D eigenvalue weighted by Gasteiger charge is 2.35. The van der Waals surface area contributed by atoms with E-state index in [4.69, 9.17) is 5.11 Å². The number of alkyl halides is 6. The summed E-state index contributed by atoms with van der Waals surface area (Å²) >= 11 is 0. The van der Waals surface area contributed by atoms with Gasteiger partial charge in [-0.15, -0.1) is 0 Å². The maximum absolute atomic E-state index is 12.8. The minimum absolute atomic E-state index is 0.0871. The third kappa shape index (κ3) is 3.63. The molecule has 10 heteroatoms. The van der Waals surface area contributed by atoms with Crippen molar-refractivity contribution < 1.29 is 36.2 Å². The predicted octanol–water partition coefficient (Wildman–Crippen LogP) is 4.19. The minimum Gasteiger partial charge on any atom is -0.475 e. The number of benzene rings is 1. The van der Waals surface area contributed by atoms with E-state index >= 15 is 0 Å². The molecule has 1 aromatic carbocycles. The maximum atomic E-state index is 12.8. The molecule has 0 aliphatic rings. The van der Waals surface area contributed by atoms with Crippen LogP contribution in [0.15, 0.2) is 24.3 Å². The van der Waals surface area contributed by atoms with Crippen LogP contribution in [-0.2, 0) is 12.4 Å². The fourth-order valence-corrected chi connectivity index (χ4v) is 1.98. The van der Waals surface area contributed by atoms with Gasteiger partial charge in [-0.3, -0.25) is 0 Å². The van der Waals surface area contributed by atoms with Gasteiger partial charge in [-0.05, 0) is 30.7 Å². The number of carboxylic acids is 1. The molecular formula is C14H8F6N2O2. The van der Waals surface area contributed by atoms with Crippen LogP contribution in [0.4, 0.5) is 26.3 Å². The number of rotatable bonds is 2. The molecule has 0 aliphatic heterocycles. The van der Waals surface area contributed by atoms with Crippen molar-refractivity contribution in [2.24, 2.45) is 0 Å². The number of aryl methyl sites for hydroxylation is 1. The number of carbonyl (C=O) groups is 1. The Kier molecular flexibility index (Phi) is 4.25. The maximum Gasteiger partial charge on any atom is 0.433 e. The zero-order chi connectivity index (χ0) is 18.3. The number of aromatic nitrogens is 2. The first-order chi connectivity index (χ1) is 10.9. The van der Waals surface area contributed by atoms with Crippen LogP contribution in [0.1, 0.15) is 27.4 Å². The highest BCUT2D eigenvalue weighted by atomic mass is 19.4. The van der Waals surface area contributed by atoms with E-state index in [2.05, 4.69) is 9.97 Å². The number of carboxylic acid groups (broad SMARTS) is 1. The highest BCUT2D eigenvalue weighted by molar-refractivity contribution is 5.84. The summed E-state index contributed by atoms with van der Waals surface area (Å²) in [5, 5.41) is 8.81. The summed E-state index contributed by atoms with van der Waals surface area (Å²) in [6.07, 6.45) is -9.54. The molecule has 1 heterocycles. The Morgan fingerprint density at radius 3 is 2.08 bits per heavy atom. The van der Waals surface area contributed by atoms with Crippen LogP contribution in [0, 0.1) is 6.92 Å². The van der Waals surface area contributed by atoms with Gasteiger partial charge in [-0.25, -0.2) is 14.8 Å². The molecule has 0 radical (unpaired) electrons. The van der Waals surface area contributed by atoms with Gasteiger partial charge in [0.05, 0.1) is 11.3 Å². The second-order valence-corrected chi connectivity index (χ2v) is 4.79. The van der Waals surface area contributed by atoms with Gasteiger partial charge in [-0.1, -0.05) is 6.07 Å². The summed E-state index contributed by atoms with van der Waals surface area (Å²) in [6.45, 7) is 1.14. The Balaban J connectivity index is 2.62. The second-order valence-electron chi connectivity index (χ2n) is 4.79. The van der Waals surface area contributed by atoms with Gasteiger partial charge in [0.15, 0.2) is 0 Å². The van der Waals surface area contributed by atoms with Gasteiger partial charge in [0.2, 0.25) is 5.82 Å². The number of hydrogen-bond acceptors (Lipinski definition) is 3. The van der Waals surface area contributed by atoms with Crippen molar-refractivity contribution in [3.05, 3.63) is 46.9 Å². The van der Waals surface area contributed by atoms with E-state index in [1.165, 1.54) is 0 Å². The predicted molar refractivity (Wildman–Crippen MR) is 69.2 cm³/mol. The van der Waals surface area contributed by atoms with Gasteiger partial charge in [0, 0.05) is 5.56 Å². The lowest BCUT2D eigenvalue weighted by molar-refractivity contribution is -0.141. The first kappa shape index (κ1) is 17.7. The molecule has 0 fully saturated rings. The van der Waals surface area contributed by atoms with Crippen LogP contribution in [0.3, 0.4) is 0 Å². The molecule has 0 saturated heterocycles. The summed E-state index contributed by atoms with van der Waals surface area (Å²) in [6, 6.07) is 3.08. The number of aromatic carboxylic acids is 1. The Morgan fingerprint density at radius 1 is 1.00 bits per heavy atom. The van der Waals surface area contributed by atoms with E-state index in [9.17, 15) is 31.1 Å². The third-order valence-electron chi connectivity index (χ3n) is 3.04. The van der Waals surface area contributed by atoms with Crippen LogP contribution in [0.5, 0.6) is 0 Å². The van der Waals surface area contributed by atoms with Gasteiger partial charge in [0.1, 0.15) is 5.69 Å². The van der Waals surface area contributed by atoms with E-state index in [0.29, 0.717) is 12.1 Å². The molecule has 0 aliphatic carbocycles. The van der Waals surface area contributed by atoms with Crippen LogP contribution in [-0.4, -0.2) is 21.0 Å². The number of nitrogens with zero attached hydrogens (tertiary/aromatic N) is 2. The molecule has 1 aromatic heterocycles. The van der Waals surface area contributed by atoms with Crippen molar-refractivity contribution in [2.45, 2.75) is 19.3 Å². The van der Waals surface area contributed by atoms with Crippen LogP contribution in [0.2, 0.25) is 0 Å². The highest BCUT2D eigenvalue weighted by Crippen LogP contribution is 2.35.